The summed E-state index contributed by atoms with van der Waals surface area (Å²) >= 11 is 7.57. The third-order valence-electron chi connectivity index (χ3n) is 1.93. The highest BCUT2D eigenvalue weighted by Crippen LogP contribution is 2.21. The molecule has 0 saturated heterocycles. The van der Waals surface area contributed by atoms with E-state index in [9.17, 15) is 10.2 Å². The van der Waals surface area contributed by atoms with Crippen molar-refractivity contribution in [1.82, 2.24) is 0 Å². The number of aliphatic hydroxyl groups excluding tert-OH is 2. The van der Waals surface area contributed by atoms with Crippen molar-refractivity contribution in [2.24, 2.45) is 4.99 Å². The molecular weight excluding hydrogens is 278 g/mol. The van der Waals surface area contributed by atoms with Crippen LogP contribution in [0.2, 0.25) is 0 Å². The molecule has 0 bridgehead atoms. The van der Waals surface area contributed by atoms with Crippen LogP contribution < -0.4 is 0 Å². The lowest BCUT2D eigenvalue weighted by molar-refractivity contribution is 0.0343. The molecule has 80 valence electrons. The molecule has 0 aliphatic heterocycles. The molecule has 2 unspecified atom stereocenters. The highest BCUT2D eigenvalue weighted by Gasteiger charge is 2.16. The van der Waals surface area contributed by atoms with Gasteiger partial charge in [0.05, 0.1) is 17.0 Å². The molecule has 3 nitrogen and oxygen atoms in total. The molecular formula is C10H10BrNO2S. The second kappa shape index (κ2) is 6.10. The van der Waals surface area contributed by atoms with Crippen molar-refractivity contribution in [3.63, 3.8) is 0 Å². The van der Waals surface area contributed by atoms with Crippen LogP contribution in [0.15, 0.2) is 29.3 Å². The van der Waals surface area contributed by atoms with Gasteiger partial charge in [0.15, 0.2) is 0 Å². The molecule has 15 heavy (non-hydrogen) atoms. The summed E-state index contributed by atoms with van der Waals surface area (Å²) in [6.45, 7) is 0. The molecule has 0 radical (unpaired) electrons. The van der Waals surface area contributed by atoms with E-state index in [0.29, 0.717) is 16.6 Å². The maximum absolute atomic E-state index is 9.66. The average molecular weight is 288 g/mol. The van der Waals surface area contributed by atoms with Crippen molar-refractivity contribution in [3.05, 3.63) is 29.8 Å². The van der Waals surface area contributed by atoms with E-state index in [-0.39, 0.29) is 0 Å². The summed E-state index contributed by atoms with van der Waals surface area (Å²) in [5, 5.41) is 21.6. The summed E-state index contributed by atoms with van der Waals surface area (Å²) in [4.78, 5) is 3.78. The van der Waals surface area contributed by atoms with Crippen LogP contribution in [0.1, 0.15) is 11.7 Å². The lowest BCUT2D eigenvalue weighted by Gasteiger charge is -2.15. The number of hydrogen-bond acceptors (Lipinski definition) is 4. The fraction of sp³-hybridized carbons (Fsp3) is 0.300. The van der Waals surface area contributed by atoms with Gasteiger partial charge in [-0.05, 0) is 29.9 Å². The Morgan fingerprint density at radius 2 is 1.93 bits per heavy atom. The van der Waals surface area contributed by atoms with Crippen LogP contribution in [0.5, 0.6) is 0 Å². The number of rotatable bonds is 4. The van der Waals surface area contributed by atoms with Gasteiger partial charge in [-0.1, -0.05) is 28.1 Å². The molecule has 1 rings (SSSR count). The molecule has 1 aromatic rings. The minimum atomic E-state index is -0.894. The molecule has 0 fully saturated rings. The zero-order valence-corrected chi connectivity index (χ0v) is 10.2. The Labute approximate surface area is 102 Å². The largest absolute Gasteiger partial charge is 0.389 e. The first-order valence-corrected chi connectivity index (χ1v) is 5.82. The number of aliphatic imine (C=N–C) groups is 1. The molecule has 2 N–H and O–H groups in total. The van der Waals surface area contributed by atoms with Crippen LogP contribution >= 0.6 is 28.1 Å². The second-order valence-electron chi connectivity index (χ2n) is 2.96. The zero-order valence-electron chi connectivity index (χ0n) is 7.80. The molecule has 1 aromatic carbocycles. The smallest absolute Gasteiger partial charge is 0.106 e. The maximum Gasteiger partial charge on any atom is 0.106 e. The average Bonchev–Trinajstić information content (AvgIpc) is 2.28. The second-order valence-corrected chi connectivity index (χ2v) is 3.79. The SMILES string of the molecule is OC(CBr)C(O)c1ccc(N=C=S)cc1. The molecule has 0 heterocycles. The van der Waals surface area contributed by atoms with Crippen LogP contribution in [0.25, 0.3) is 0 Å². The number of alkyl halides is 1. The van der Waals surface area contributed by atoms with Gasteiger partial charge in [-0.15, -0.1) is 0 Å². The number of aliphatic hydroxyl groups is 2. The van der Waals surface area contributed by atoms with Gasteiger partial charge in [-0.25, -0.2) is 0 Å². The Balaban J connectivity index is 2.83. The Bertz CT molecular complexity index is 362. The number of halogens is 1. The van der Waals surface area contributed by atoms with Crippen LogP contribution in [-0.2, 0) is 0 Å². The van der Waals surface area contributed by atoms with Crippen molar-refractivity contribution in [2.45, 2.75) is 12.2 Å². The quantitative estimate of drug-likeness (QED) is 0.507. The third-order valence-corrected chi connectivity index (χ3v) is 2.69. The molecule has 2 atom stereocenters. The van der Waals surface area contributed by atoms with Crippen molar-refractivity contribution >= 4 is 39.0 Å². The van der Waals surface area contributed by atoms with Gasteiger partial charge >= 0.3 is 0 Å². The van der Waals surface area contributed by atoms with Crippen molar-refractivity contribution in [2.75, 3.05) is 5.33 Å². The zero-order chi connectivity index (χ0) is 11.3. The van der Waals surface area contributed by atoms with Gasteiger partial charge in [0.1, 0.15) is 6.10 Å². The van der Waals surface area contributed by atoms with E-state index in [0.717, 1.165) is 0 Å². The van der Waals surface area contributed by atoms with Crippen molar-refractivity contribution < 1.29 is 10.2 Å². The number of thiocarbonyl (C=S) groups is 1. The van der Waals surface area contributed by atoms with Crippen LogP contribution in [0.3, 0.4) is 0 Å². The fourth-order valence-corrected chi connectivity index (χ4v) is 1.56. The van der Waals surface area contributed by atoms with Gasteiger partial charge in [0, 0.05) is 5.33 Å². The lowest BCUT2D eigenvalue weighted by atomic mass is 10.1. The third kappa shape index (κ3) is 3.48. The van der Waals surface area contributed by atoms with E-state index in [4.69, 9.17) is 0 Å². The Kier molecular flexibility index (Phi) is 5.08. The molecule has 0 aromatic heterocycles. The first kappa shape index (κ1) is 12.5. The summed E-state index contributed by atoms with van der Waals surface area (Å²) < 4.78 is 0. The number of nitrogens with zero attached hydrogens (tertiary/aromatic N) is 1. The Morgan fingerprint density at radius 1 is 1.33 bits per heavy atom. The van der Waals surface area contributed by atoms with E-state index >= 15 is 0 Å². The summed E-state index contributed by atoms with van der Waals surface area (Å²) in [7, 11) is 0. The van der Waals surface area contributed by atoms with Gasteiger partial charge < -0.3 is 10.2 Å². The monoisotopic (exact) mass is 287 g/mol. The van der Waals surface area contributed by atoms with Crippen LogP contribution in [0, 0.1) is 0 Å². The normalized spacial score (nSPS) is 14.1. The maximum atomic E-state index is 9.66. The minimum Gasteiger partial charge on any atom is -0.389 e. The lowest BCUT2D eigenvalue weighted by Crippen LogP contribution is -2.19. The molecule has 0 saturated carbocycles. The van der Waals surface area contributed by atoms with E-state index in [2.05, 4.69) is 38.3 Å². The van der Waals surface area contributed by atoms with Crippen LogP contribution in [-0.4, -0.2) is 26.8 Å². The minimum absolute atomic E-state index is 0.327. The van der Waals surface area contributed by atoms with E-state index < -0.39 is 12.2 Å². The fourth-order valence-electron chi connectivity index (χ4n) is 1.11. The first-order valence-electron chi connectivity index (χ1n) is 4.29. The highest BCUT2D eigenvalue weighted by atomic mass is 79.9. The highest BCUT2D eigenvalue weighted by molar-refractivity contribution is 9.09. The standard InChI is InChI=1S/C10H10BrNO2S/c11-5-9(13)10(14)7-1-3-8(4-2-7)12-6-15/h1-4,9-10,13-14H,5H2. The summed E-state index contributed by atoms with van der Waals surface area (Å²) in [5.41, 5.74) is 1.32. The van der Waals surface area contributed by atoms with E-state index in [1.54, 1.807) is 24.3 Å². The molecule has 0 spiro atoms. The predicted octanol–water partition coefficient (Wildman–Crippen LogP) is 2.21. The predicted molar refractivity (Wildman–Crippen MR) is 65.9 cm³/mol. The van der Waals surface area contributed by atoms with E-state index in [1.165, 1.54) is 0 Å². The van der Waals surface area contributed by atoms with Gasteiger partial charge in [-0.3, -0.25) is 0 Å². The van der Waals surface area contributed by atoms with Gasteiger partial charge in [0.25, 0.3) is 0 Å². The Hall–Kier alpha value is -0.580. The van der Waals surface area contributed by atoms with Crippen molar-refractivity contribution in [3.8, 4) is 0 Å². The summed E-state index contributed by atoms with van der Waals surface area (Å²) in [6.07, 6.45) is -1.71. The molecule has 5 heteroatoms. The topological polar surface area (TPSA) is 52.8 Å². The molecule has 0 aliphatic carbocycles. The Morgan fingerprint density at radius 3 is 2.40 bits per heavy atom. The van der Waals surface area contributed by atoms with Gasteiger partial charge in [-0.2, -0.15) is 4.99 Å². The molecule has 0 aliphatic rings. The van der Waals surface area contributed by atoms with Crippen molar-refractivity contribution in [1.29, 1.82) is 0 Å². The summed E-state index contributed by atoms with van der Waals surface area (Å²) in [6, 6.07) is 6.81. The first-order chi connectivity index (χ1) is 7.19. The van der Waals surface area contributed by atoms with E-state index in [1.807, 2.05) is 0 Å². The summed E-state index contributed by atoms with van der Waals surface area (Å²) in [5.74, 6) is 0. The number of hydrogen-bond donors (Lipinski definition) is 2. The molecule has 0 amide bonds. The van der Waals surface area contributed by atoms with Crippen LogP contribution in [0.4, 0.5) is 5.69 Å². The van der Waals surface area contributed by atoms with Gasteiger partial charge in [0.2, 0.25) is 0 Å². The number of isothiocyanates is 1. The number of benzene rings is 1.